The smallest absolute Gasteiger partial charge is 0.0451 e. The maximum Gasteiger partial charge on any atom is 0.0451 e. The molecule has 2 fully saturated rings. The number of hydrogen-bond acceptors (Lipinski definition) is 2. The number of nitrogens with one attached hydrogen (secondary N) is 1. The second kappa shape index (κ2) is 4.97. The molecule has 0 aliphatic carbocycles. The largest absolute Gasteiger partial charge is 0.310 e. The topological polar surface area (TPSA) is 15.3 Å². The standard InChI is InChI=1S/C14H19ClN2/c15-14-4-2-1-3-11(14)9-17-8-7-12-5-6-13(10-17)16-12/h1-4,12-13,16H,5-10H2. The minimum absolute atomic E-state index is 0.699. The highest BCUT2D eigenvalue weighted by atomic mass is 35.5. The maximum atomic E-state index is 6.22. The van der Waals surface area contributed by atoms with Gasteiger partial charge in [-0.15, -0.1) is 0 Å². The van der Waals surface area contributed by atoms with Gasteiger partial charge in [0, 0.05) is 36.7 Å². The number of fused-ring (bicyclic) bond motifs is 2. The molecule has 2 heterocycles. The van der Waals surface area contributed by atoms with Crippen molar-refractivity contribution in [3.05, 3.63) is 34.9 Å². The first-order valence-electron chi connectivity index (χ1n) is 6.53. The predicted molar refractivity (Wildman–Crippen MR) is 71.3 cm³/mol. The van der Waals surface area contributed by atoms with Crippen LogP contribution in [0.4, 0.5) is 0 Å². The van der Waals surface area contributed by atoms with Crippen LogP contribution in [0.15, 0.2) is 24.3 Å². The van der Waals surface area contributed by atoms with E-state index in [1.165, 1.54) is 37.9 Å². The van der Waals surface area contributed by atoms with Gasteiger partial charge in [-0.05, 0) is 30.9 Å². The first-order valence-corrected chi connectivity index (χ1v) is 6.91. The van der Waals surface area contributed by atoms with Gasteiger partial charge < -0.3 is 5.32 Å². The highest BCUT2D eigenvalue weighted by Crippen LogP contribution is 2.23. The van der Waals surface area contributed by atoms with Gasteiger partial charge >= 0.3 is 0 Å². The molecule has 0 amide bonds. The SMILES string of the molecule is Clc1ccccc1CN1CCC2CCC(C1)N2. The Kier molecular flexibility index (Phi) is 3.37. The van der Waals surface area contributed by atoms with E-state index < -0.39 is 0 Å². The van der Waals surface area contributed by atoms with Crippen LogP contribution in [0.5, 0.6) is 0 Å². The van der Waals surface area contributed by atoms with Crippen LogP contribution in [0.3, 0.4) is 0 Å². The fraction of sp³-hybridized carbons (Fsp3) is 0.571. The first-order chi connectivity index (χ1) is 8.31. The Balaban J connectivity index is 1.67. The molecule has 0 aromatic heterocycles. The Bertz CT molecular complexity index is 394. The number of likely N-dealkylation sites (tertiary alicyclic amines) is 1. The molecule has 0 saturated carbocycles. The van der Waals surface area contributed by atoms with Crippen molar-refractivity contribution < 1.29 is 0 Å². The molecule has 2 unspecified atom stereocenters. The zero-order valence-corrected chi connectivity index (χ0v) is 10.8. The maximum absolute atomic E-state index is 6.22. The van der Waals surface area contributed by atoms with Crippen molar-refractivity contribution in [2.24, 2.45) is 0 Å². The van der Waals surface area contributed by atoms with E-state index in [-0.39, 0.29) is 0 Å². The molecule has 2 nitrogen and oxygen atoms in total. The van der Waals surface area contributed by atoms with E-state index in [0.29, 0.717) is 6.04 Å². The average molecular weight is 251 g/mol. The molecule has 0 radical (unpaired) electrons. The number of hydrogen-bond donors (Lipinski definition) is 1. The van der Waals surface area contributed by atoms with E-state index in [4.69, 9.17) is 11.6 Å². The van der Waals surface area contributed by atoms with Gasteiger partial charge in [-0.2, -0.15) is 0 Å². The summed E-state index contributed by atoms with van der Waals surface area (Å²) < 4.78 is 0. The highest BCUT2D eigenvalue weighted by Gasteiger charge is 2.29. The van der Waals surface area contributed by atoms with Gasteiger partial charge in [-0.3, -0.25) is 4.90 Å². The molecule has 2 bridgehead atoms. The molecule has 1 aromatic carbocycles. The summed E-state index contributed by atoms with van der Waals surface area (Å²) in [6.45, 7) is 3.35. The molecule has 2 aliphatic heterocycles. The third kappa shape index (κ3) is 2.65. The summed E-state index contributed by atoms with van der Waals surface area (Å²) in [6.07, 6.45) is 3.98. The van der Waals surface area contributed by atoms with Crippen LogP contribution in [0.2, 0.25) is 5.02 Å². The molecule has 2 saturated heterocycles. The van der Waals surface area contributed by atoms with Crippen LogP contribution >= 0.6 is 11.6 Å². The first kappa shape index (κ1) is 11.5. The van der Waals surface area contributed by atoms with E-state index in [1.54, 1.807) is 0 Å². The third-order valence-electron chi connectivity index (χ3n) is 3.96. The summed E-state index contributed by atoms with van der Waals surface area (Å²) in [6, 6.07) is 9.65. The minimum atomic E-state index is 0.699. The second-order valence-corrected chi connectivity index (χ2v) is 5.66. The quantitative estimate of drug-likeness (QED) is 0.868. The minimum Gasteiger partial charge on any atom is -0.310 e. The van der Waals surface area contributed by atoms with Crippen molar-refractivity contribution in [2.45, 2.75) is 37.9 Å². The van der Waals surface area contributed by atoms with Crippen molar-refractivity contribution in [1.29, 1.82) is 0 Å². The van der Waals surface area contributed by atoms with Gasteiger partial charge in [-0.25, -0.2) is 0 Å². The summed E-state index contributed by atoms with van der Waals surface area (Å²) in [5, 5.41) is 4.61. The lowest BCUT2D eigenvalue weighted by Crippen LogP contribution is -2.35. The van der Waals surface area contributed by atoms with E-state index in [2.05, 4.69) is 22.3 Å². The van der Waals surface area contributed by atoms with Crippen molar-refractivity contribution in [3.8, 4) is 0 Å². The third-order valence-corrected chi connectivity index (χ3v) is 4.33. The zero-order chi connectivity index (χ0) is 11.7. The Hall–Kier alpha value is -0.570. The Morgan fingerprint density at radius 1 is 1.18 bits per heavy atom. The van der Waals surface area contributed by atoms with E-state index in [1.807, 2.05) is 12.1 Å². The molecule has 17 heavy (non-hydrogen) atoms. The van der Waals surface area contributed by atoms with Gasteiger partial charge in [0.15, 0.2) is 0 Å². The molecule has 3 heteroatoms. The lowest BCUT2D eigenvalue weighted by atomic mass is 10.1. The lowest BCUT2D eigenvalue weighted by molar-refractivity contribution is 0.251. The Morgan fingerprint density at radius 2 is 2.00 bits per heavy atom. The fourth-order valence-electron chi connectivity index (χ4n) is 3.03. The Labute approximate surface area is 108 Å². The van der Waals surface area contributed by atoms with Crippen LogP contribution in [-0.2, 0) is 6.54 Å². The van der Waals surface area contributed by atoms with Crippen molar-refractivity contribution in [3.63, 3.8) is 0 Å². The van der Waals surface area contributed by atoms with Gasteiger partial charge in [0.1, 0.15) is 0 Å². The van der Waals surface area contributed by atoms with Crippen LogP contribution in [-0.4, -0.2) is 30.1 Å². The number of nitrogens with zero attached hydrogens (tertiary/aromatic N) is 1. The fourth-order valence-corrected chi connectivity index (χ4v) is 3.22. The number of rotatable bonds is 2. The van der Waals surface area contributed by atoms with Gasteiger partial charge in [0.05, 0.1) is 0 Å². The van der Waals surface area contributed by atoms with E-state index in [0.717, 1.165) is 17.6 Å². The van der Waals surface area contributed by atoms with Crippen molar-refractivity contribution in [2.75, 3.05) is 13.1 Å². The Morgan fingerprint density at radius 3 is 2.88 bits per heavy atom. The normalized spacial score (nSPS) is 29.2. The molecular formula is C14H19ClN2. The summed E-state index contributed by atoms with van der Waals surface area (Å²) in [4.78, 5) is 2.54. The van der Waals surface area contributed by atoms with Crippen LogP contribution in [0.1, 0.15) is 24.8 Å². The summed E-state index contributed by atoms with van der Waals surface area (Å²) >= 11 is 6.22. The number of benzene rings is 1. The van der Waals surface area contributed by atoms with Crippen molar-refractivity contribution in [1.82, 2.24) is 10.2 Å². The van der Waals surface area contributed by atoms with Crippen LogP contribution in [0.25, 0.3) is 0 Å². The second-order valence-electron chi connectivity index (χ2n) is 5.25. The van der Waals surface area contributed by atoms with Gasteiger partial charge in [0.25, 0.3) is 0 Å². The van der Waals surface area contributed by atoms with Crippen LogP contribution < -0.4 is 5.32 Å². The summed E-state index contributed by atoms with van der Waals surface area (Å²) in [5.74, 6) is 0. The molecule has 92 valence electrons. The molecule has 2 atom stereocenters. The molecule has 2 aliphatic rings. The van der Waals surface area contributed by atoms with Gasteiger partial charge in [0.2, 0.25) is 0 Å². The average Bonchev–Trinajstić information content (AvgIpc) is 2.65. The molecule has 3 rings (SSSR count). The number of halogens is 1. The molecule has 1 N–H and O–H groups in total. The molecular weight excluding hydrogens is 232 g/mol. The lowest BCUT2D eigenvalue weighted by Gasteiger charge is -2.24. The zero-order valence-electron chi connectivity index (χ0n) is 10.0. The molecule has 0 spiro atoms. The monoisotopic (exact) mass is 250 g/mol. The van der Waals surface area contributed by atoms with E-state index in [9.17, 15) is 0 Å². The summed E-state index contributed by atoms with van der Waals surface area (Å²) in [7, 11) is 0. The highest BCUT2D eigenvalue weighted by molar-refractivity contribution is 6.31. The van der Waals surface area contributed by atoms with Gasteiger partial charge in [-0.1, -0.05) is 29.8 Å². The van der Waals surface area contributed by atoms with Crippen LogP contribution in [0, 0.1) is 0 Å². The summed E-state index contributed by atoms with van der Waals surface area (Å²) in [5.41, 5.74) is 1.26. The van der Waals surface area contributed by atoms with E-state index >= 15 is 0 Å². The predicted octanol–water partition coefficient (Wildman–Crippen LogP) is 2.67. The molecule has 1 aromatic rings. The van der Waals surface area contributed by atoms with Crippen molar-refractivity contribution >= 4 is 11.6 Å².